The number of rotatable bonds is 7. The summed E-state index contributed by atoms with van der Waals surface area (Å²) in [4.78, 5) is 32.8. The molecule has 0 radical (unpaired) electrons. The van der Waals surface area contributed by atoms with Crippen LogP contribution in [0.3, 0.4) is 0 Å². The zero-order valence-corrected chi connectivity index (χ0v) is 20.5. The van der Waals surface area contributed by atoms with Crippen molar-refractivity contribution in [2.75, 3.05) is 0 Å². The Balaban J connectivity index is 1.64. The summed E-state index contributed by atoms with van der Waals surface area (Å²) in [6.07, 6.45) is 0.687. The summed E-state index contributed by atoms with van der Waals surface area (Å²) in [6, 6.07) is 38.1. The van der Waals surface area contributed by atoms with Crippen LogP contribution in [0.1, 0.15) is 22.4 Å². The first kappa shape index (κ1) is 23.4. The van der Waals surface area contributed by atoms with Crippen LogP contribution >= 0.6 is 0 Å². The summed E-state index contributed by atoms with van der Waals surface area (Å²) in [5, 5.41) is 4.26. The van der Waals surface area contributed by atoms with E-state index in [1.807, 2.05) is 121 Å². The second-order valence-corrected chi connectivity index (χ2v) is 9.18. The first-order valence-electron chi connectivity index (χ1n) is 12.4. The van der Waals surface area contributed by atoms with E-state index in [9.17, 15) is 9.59 Å². The van der Waals surface area contributed by atoms with E-state index in [1.165, 1.54) is 4.74 Å². The number of hydrogen-bond acceptors (Lipinski definition) is 5. The Morgan fingerprint density at radius 3 is 1.79 bits per heavy atom. The molecular weight excluding hydrogens is 476 g/mol. The third-order valence-corrected chi connectivity index (χ3v) is 6.85. The highest BCUT2D eigenvalue weighted by Gasteiger charge is 2.56. The van der Waals surface area contributed by atoms with Gasteiger partial charge in [0.15, 0.2) is 0 Å². The van der Waals surface area contributed by atoms with Gasteiger partial charge in [-0.1, -0.05) is 126 Å². The summed E-state index contributed by atoms with van der Waals surface area (Å²) in [7, 11) is 0. The van der Waals surface area contributed by atoms with Crippen molar-refractivity contribution < 1.29 is 14.2 Å². The maximum absolute atomic E-state index is 13.8. The molecule has 38 heavy (non-hydrogen) atoms. The van der Waals surface area contributed by atoms with E-state index in [0.29, 0.717) is 40.9 Å². The number of carbonyl (C=O) groups is 1. The molecule has 0 fully saturated rings. The molecule has 0 aliphatic carbocycles. The van der Waals surface area contributed by atoms with E-state index in [1.54, 1.807) is 0 Å². The number of nitrogens with zero attached hydrogens (tertiary/aromatic N) is 2. The third-order valence-electron chi connectivity index (χ3n) is 6.85. The third kappa shape index (κ3) is 3.96. The molecule has 0 saturated carbocycles. The SMILES string of the molecule is O=C1ON=C(Cc2ccccc2)C1(c1ccccc1)n1oc(=O)c(-c2ccccc2)c1Cc1ccccc1. The van der Waals surface area contributed by atoms with E-state index in [2.05, 4.69) is 5.16 Å². The molecule has 5 aromatic rings. The second-order valence-electron chi connectivity index (χ2n) is 9.18. The fourth-order valence-corrected chi connectivity index (χ4v) is 5.09. The van der Waals surface area contributed by atoms with Crippen LogP contribution in [0.25, 0.3) is 11.1 Å². The summed E-state index contributed by atoms with van der Waals surface area (Å²) in [6.45, 7) is 0. The van der Waals surface area contributed by atoms with Gasteiger partial charge in [-0.2, -0.15) is 4.74 Å². The fourth-order valence-electron chi connectivity index (χ4n) is 5.09. The van der Waals surface area contributed by atoms with Gasteiger partial charge in [0.05, 0.1) is 11.3 Å². The maximum atomic E-state index is 13.8. The Morgan fingerprint density at radius 2 is 1.18 bits per heavy atom. The average molecular weight is 501 g/mol. The van der Waals surface area contributed by atoms with Gasteiger partial charge in [0.25, 0.3) is 0 Å². The standard InChI is InChI=1S/C32H24N2O4/c35-30-29(25-17-9-3-10-18-25)27(21-23-13-5-1-6-14-23)34(38-30)32(26-19-11-4-12-20-26)28(33-37-31(32)36)22-24-15-7-2-8-16-24/h1-20H,21-22H2. The van der Waals surface area contributed by atoms with Crippen LogP contribution in [0.15, 0.2) is 136 Å². The molecular formula is C32H24N2O4. The van der Waals surface area contributed by atoms with E-state index in [-0.39, 0.29) is 0 Å². The Labute approximate surface area is 219 Å². The number of hydrogen-bond donors (Lipinski definition) is 0. The van der Waals surface area contributed by atoms with Crippen LogP contribution in [-0.4, -0.2) is 16.4 Å². The largest absolute Gasteiger partial charge is 0.374 e. The van der Waals surface area contributed by atoms with Crippen molar-refractivity contribution in [3.05, 3.63) is 154 Å². The second kappa shape index (κ2) is 9.82. The normalized spacial score (nSPS) is 16.7. The van der Waals surface area contributed by atoms with Gasteiger partial charge in [-0.15, -0.1) is 0 Å². The zero-order chi connectivity index (χ0) is 26.0. The van der Waals surface area contributed by atoms with E-state index in [0.717, 1.165) is 11.1 Å². The molecule has 0 bridgehead atoms. The summed E-state index contributed by atoms with van der Waals surface area (Å²) < 4.78 is 7.47. The predicted octanol–water partition coefficient (Wildman–Crippen LogP) is 5.60. The molecule has 1 aliphatic rings. The van der Waals surface area contributed by atoms with Crippen molar-refractivity contribution in [2.45, 2.75) is 18.4 Å². The fraction of sp³-hybridized carbons (Fsp3) is 0.0938. The number of benzene rings is 4. The van der Waals surface area contributed by atoms with E-state index in [4.69, 9.17) is 9.36 Å². The molecule has 0 amide bonds. The lowest BCUT2D eigenvalue weighted by molar-refractivity contribution is -0.147. The molecule has 1 aromatic heterocycles. The molecule has 6 nitrogen and oxygen atoms in total. The van der Waals surface area contributed by atoms with Gasteiger partial charge in [0.2, 0.25) is 5.54 Å². The molecule has 4 aromatic carbocycles. The van der Waals surface area contributed by atoms with Gasteiger partial charge in [0.1, 0.15) is 5.71 Å². The van der Waals surface area contributed by atoms with Crippen molar-refractivity contribution in [3.63, 3.8) is 0 Å². The Morgan fingerprint density at radius 1 is 0.658 bits per heavy atom. The summed E-state index contributed by atoms with van der Waals surface area (Å²) >= 11 is 0. The van der Waals surface area contributed by atoms with Crippen LogP contribution in [-0.2, 0) is 28.0 Å². The lowest BCUT2D eigenvalue weighted by Gasteiger charge is -2.29. The Hall–Kier alpha value is -4.97. The van der Waals surface area contributed by atoms with E-state index >= 15 is 0 Å². The lowest BCUT2D eigenvalue weighted by atomic mass is 9.82. The van der Waals surface area contributed by atoms with Crippen molar-refractivity contribution in [2.24, 2.45) is 5.16 Å². The molecule has 1 atom stereocenters. The molecule has 0 spiro atoms. The van der Waals surface area contributed by atoms with Gasteiger partial charge in [-0.05, 0) is 22.3 Å². The first-order valence-corrected chi connectivity index (χ1v) is 12.4. The van der Waals surface area contributed by atoms with Crippen molar-refractivity contribution in [1.82, 2.24) is 4.74 Å². The summed E-state index contributed by atoms with van der Waals surface area (Å²) in [5.41, 5.74) is 2.52. The predicted molar refractivity (Wildman–Crippen MR) is 145 cm³/mol. The minimum absolute atomic E-state index is 0.328. The van der Waals surface area contributed by atoms with E-state index < -0.39 is 17.1 Å². The zero-order valence-electron chi connectivity index (χ0n) is 20.5. The van der Waals surface area contributed by atoms with Gasteiger partial charge < -0.3 is 9.36 Å². The molecule has 6 heteroatoms. The highest BCUT2D eigenvalue weighted by atomic mass is 16.7. The number of carbonyl (C=O) groups excluding carboxylic acids is 1. The summed E-state index contributed by atoms with van der Waals surface area (Å²) in [5.74, 6) is -0.623. The van der Waals surface area contributed by atoms with Crippen molar-refractivity contribution >= 4 is 11.7 Å². The molecule has 0 N–H and O–H groups in total. The average Bonchev–Trinajstić information content (AvgIpc) is 3.46. The number of oxime groups is 1. The molecule has 1 aliphatic heterocycles. The van der Waals surface area contributed by atoms with Gasteiger partial charge in [-0.25, -0.2) is 9.59 Å². The number of aromatic nitrogens is 1. The monoisotopic (exact) mass is 500 g/mol. The Kier molecular flexibility index (Phi) is 6.06. The first-order chi connectivity index (χ1) is 18.7. The highest BCUT2D eigenvalue weighted by Crippen LogP contribution is 2.39. The molecule has 0 saturated heterocycles. The van der Waals surface area contributed by atoms with Gasteiger partial charge >= 0.3 is 11.6 Å². The smallest absolute Gasteiger partial charge is 0.334 e. The quantitative estimate of drug-likeness (QED) is 0.273. The minimum Gasteiger partial charge on any atom is -0.334 e. The van der Waals surface area contributed by atoms with Crippen molar-refractivity contribution in [3.8, 4) is 11.1 Å². The van der Waals surface area contributed by atoms with Crippen LogP contribution in [0, 0.1) is 0 Å². The lowest BCUT2D eigenvalue weighted by Crippen LogP contribution is -2.48. The minimum atomic E-state index is -1.59. The van der Waals surface area contributed by atoms with Gasteiger partial charge in [-0.3, -0.25) is 0 Å². The van der Waals surface area contributed by atoms with Crippen LogP contribution < -0.4 is 5.63 Å². The highest BCUT2D eigenvalue weighted by molar-refractivity contribution is 6.15. The van der Waals surface area contributed by atoms with Crippen LogP contribution in [0.5, 0.6) is 0 Å². The van der Waals surface area contributed by atoms with Crippen LogP contribution in [0.4, 0.5) is 0 Å². The molecule has 186 valence electrons. The van der Waals surface area contributed by atoms with Gasteiger partial charge in [0, 0.05) is 12.8 Å². The Bertz CT molecular complexity index is 1660. The topological polar surface area (TPSA) is 73.8 Å². The molecule has 2 heterocycles. The van der Waals surface area contributed by atoms with Crippen molar-refractivity contribution in [1.29, 1.82) is 0 Å². The molecule has 1 unspecified atom stereocenters. The molecule has 6 rings (SSSR count). The van der Waals surface area contributed by atoms with Crippen LogP contribution in [0.2, 0.25) is 0 Å². The maximum Gasteiger partial charge on any atom is 0.374 e.